The van der Waals surface area contributed by atoms with Gasteiger partial charge in [0.15, 0.2) is 0 Å². The molecule has 0 bridgehead atoms. The zero-order valence-electron chi connectivity index (χ0n) is 38.0. The van der Waals surface area contributed by atoms with Crippen molar-refractivity contribution in [1.29, 1.82) is 0 Å². The molecule has 0 amide bonds. The van der Waals surface area contributed by atoms with Crippen LogP contribution in [0.4, 0.5) is 0 Å². The third-order valence-electron chi connectivity index (χ3n) is 9.40. The van der Waals surface area contributed by atoms with Crippen LogP contribution in [0.15, 0.2) is 119 Å². The van der Waals surface area contributed by atoms with Gasteiger partial charge in [0, 0.05) is 31.1 Å². The molecule has 0 aliphatic rings. The van der Waals surface area contributed by atoms with Crippen molar-refractivity contribution in [3.8, 4) is 0 Å². The minimum atomic E-state index is -1.46. The van der Waals surface area contributed by atoms with Gasteiger partial charge in [-0.3, -0.25) is 0 Å². The van der Waals surface area contributed by atoms with E-state index in [1.54, 1.807) is 30.4 Å². The van der Waals surface area contributed by atoms with E-state index < -0.39 is 72.4 Å². The number of carbonyl (C=O) groups is 4. The first-order valence-electron chi connectivity index (χ1n) is 21.1. The lowest BCUT2D eigenvalue weighted by Gasteiger charge is -2.17. The molecule has 0 saturated carbocycles. The maximum absolute atomic E-state index is 12.7. The summed E-state index contributed by atoms with van der Waals surface area (Å²) in [5, 5.41) is 40.1. The molecular weight excluding hydrogens is 995 g/mol. The van der Waals surface area contributed by atoms with Crippen molar-refractivity contribution in [1.82, 2.24) is 13.7 Å². The molecule has 4 atom stereocenters. The van der Waals surface area contributed by atoms with Crippen molar-refractivity contribution < 1.29 is 58.6 Å². The van der Waals surface area contributed by atoms with Gasteiger partial charge in [-0.1, -0.05) is 31.7 Å². The van der Waals surface area contributed by atoms with Crippen LogP contribution >= 0.6 is 58.0 Å². The first-order chi connectivity index (χ1) is 33.0. The van der Waals surface area contributed by atoms with Crippen molar-refractivity contribution in [2.75, 3.05) is 38.9 Å². The van der Waals surface area contributed by atoms with Crippen LogP contribution in [0.2, 0.25) is 0 Å². The van der Waals surface area contributed by atoms with E-state index in [1.807, 2.05) is 31.2 Å². The van der Waals surface area contributed by atoms with Crippen molar-refractivity contribution in [3.05, 3.63) is 136 Å². The molecule has 69 heavy (non-hydrogen) atoms. The Morgan fingerprint density at radius 1 is 0.551 bits per heavy atom. The second-order valence-electron chi connectivity index (χ2n) is 14.6. The van der Waals surface area contributed by atoms with Gasteiger partial charge in [-0.2, -0.15) is 0 Å². The molecule has 3 heterocycles. The van der Waals surface area contributed by atoms with Crippen LogP contribution in [0.3, 0.4) is 0 Å². The molecule has 2 aromatic carbocycles. The lowest BCUT2D eigenvalue weighted by atomic mass is 10.3. The topological polar surface area (TPSA) is 252 Å². The van der Waals surface area contributed by atoms with Crippen LogP contribution in [-0.2, 0) is 38.6 Å². The normalized spacial score (nSPS) is 12.7. The van der Waals surface area contributed by atoms with E-state index in [9.17, 15) is 54.0 Å². The lowest BCUT2D eigenvalue weighted by Crippen LogP contribution is -2.56. The van der Waals surface area contributed by atoms with Gasteiger partial charge in [0.25, 0.3) is 0 Å². The molecule has 5 aromatic rings. The van der Waals surface area contributed by atoms with Crippen LogP contribution in [0.1, 0.15) is 65.4 Å². The third-order valence-corrected chi connectivity index (χ3v) is 14.8. The average molecular weight is 1050 g/mol. The Labute approximate surface area is 417 Å². The zero-order valence-corrected chi connectivity index (χ0v) is 42.1. The minimum Gasteiger partial charge on any atom is -0.465 e. The highest BCUT2D eigenvalue weighted by molar-refractivity contribution is 8.00. The summed E-state index contributed by atoms with van der Waals surface area (Å²) in [5.41, 5.74) is -2.89. The summed E-state index contributed by atoms with van der Waals surface area (Å²) < 4.78 is 21.4. The van der Waals surface area contributed by atoms with E-state index in [-0.39, 0.29) is 46.9 Å². The highest BCUT2D eigenvalue weighted by Gasteiger charge is 2.22. The molecule has 0 fully saturated rings. The van der Waals surface area contributed by atoms with Crippen molar-refractivity contribution in [2.45, 2.75) is 90.3 Å². The van der Waals surface area contributed by atoms with E-state index in [2.05, 4.69) is 40.3 Å². The number of aromatic nitrogens is 3. The number of benzene rings is 2. The highest BCUT2D eigenvalue weighted by atomic mass is 32.2. The van der Waals surface area contributed by atoms with Gasteiger partial charge < -0.3 is 39.4 Å². The predicted molar refractivity (Wildman–Crippen MR) is 264 cm³/mol. The number of esters is 4. The molecule has 4 unspecified atom stereocenters. The summed E-state index contributed by atoms with van der Waals surface area (Å²) in [6.07, 6.45) is -1.22. The number of aliphatic hydroxyl groups is 4. The number of ether oxygens (including phenoxy) is 4. The summed E-state index contributed by atoms with van der Waals surface area (Å²) in [6, 6.07) is 22.2. The fourth-order valence-electron chi connectivity index (χ4n) is 5.58. The zero-order chi connectivity index (χ0) is 50.6. The number of hydrogen-bond acceptors (Lipinski definition) is 20. The van der Waals surface area contributed by atoms with Gasteiger partial charge in [-0.05, 0) is 85.6 Å². The maximum Gasteiger partial charge on any atom is 0.348 e. The highest BCUT2D eigenvalue weighted by Crippen LogP contribution is 2.31. The fraction of sp³-hybridized carbons (Fsp3) is 0.370. The Morgan fingerprint density at radius 3 is 1.32 bits per heavy atom. The summed E-state index contributed by atoms with van der Waals surface area (Å²) in [7, 11) is 2.48. The number of allylic oxidation sites excluding steroid dienone is 1. The Balaban J connectivity index is 0.000000302. The molecule has 0 aliphatic carbocycles. The van der Waals surface area contributed by atoms with Crippen molar-refractivity contribution in [2.24, 2.45) is 0 Å². The van der Waals surface area contributed by atoms with Gasteiger partial charge in [0.2, 0.25) is 0 Å². The lowest BCUT2D eigenvalue weighted by molar-refractivity contribution is 0.0211. The number of rotatable bonds is 24. The molecule has 0 spiro atoms. The number of methoxy groups -OCH3 is 2. The monoisotopic (exact) mass is 1050 g/mol. The number of thioether (sulfide) groups is 2. The third kappa shape index (κ3) is 17.3. The van der Waals surface area contributed by atoms with Crippen molar-refractivity contribution >= 4 is 81.8 Å². The SMILES string of the molecule is C=CCn1c(=O)n(CC(O)CC)c(=O)n(CC(O)COC(=O)c2ccc(C(=O)OC)s2)c1=O.CCC(O)CSc1ccc(Sc2ccc(SCC(O)COC(=O)c3ccc(C(=O)OC)s3)cc2)cc1. The molecule has 5 rings (SSSR count). The van der Waals surface area contributed by atoms with E-state index in [1.165, 1.54) is 56.3 Å². The molecular formula is C46H53N3O15S5. The van der Waals surface area contributed by atoms with Crippen LogP contribution < -0.4 is 17.1 Å². The van der Waals surface area contributed by atoms with Crippen LogP contribution in [0.5, 0.6) is 0 Å². The molecule has 3 aromatic heterocycles. The second-order valence-corrected chi connectivity index (χ2v) is 20.1. The average Bonchev–Trinajstić information content (AvgIpc) is 4.08. The number of thiophene rings is 2. The Kier molecular flexibility index (Phi) is 23.2. The molecule has 18 nitrogen and oxygen atoms in total. The van der Waals surface area contributed by atoms with E-state index >= 15 is 0 Å². The van der Waals surface area contributed by atoms with Gasteiger partial charge in [0.1, 0.15) is 38.8 Å². The molecule has 0 aliphatic heterocycles. The predicted octanol–water partition coefficient (Wildman–Crippen LogP) is 5.05. The molecule has 4 N–H and O–H groups in total. The summed E-state index contributed by atoms with van der Waals surface area (Å²) in [5.74, 6) is -1.43. The largest absolute Gasteiger partial charge is 0.465 e. The molecule has 0 saturated heterocycles. The Morgan fingerprint density at radius 2 is 0.913 bits per heavy atom. The number of aliphatic hydroxyl groups excluding tert-OH is 4. The fourth-order valence-corrected chi connectivity index (χ4v) is 9.79. The van der Waals surface area contributed by atoms with Gasteiger partial charge in [0.05, 0.1) is 52.2 Å². The van der Waals surface area contributed by atoms with Gasteiger partial charge in [-0.25, -0.2) is 47.3 Å². The van der Waals surface area contributed by atoms with E-state index in [0.717, 1.165) is 53.2 Å². The van der Waals surface area contributed by atoms with Gasteiger partial charge in [-0.15, -0.1) is 52.8 Å². The molecule has 23 heteroatoms. The minimum absolute atomic E-state index is 0.0928. The summed E-state index contributed by atoms with van der Waals surface area (Å²) in [4.78, 5) is 90.4. The number of hydrogen-bond donors (Lipinski definition) is 4. The number of nitrogens with zero attached hydrogens (tertiary/aromatic N) is 3. The number of carbonyl (C=O) groups excluding carboxylic acids is 4. The maximum atomic E-state index is 12.7. The quantitative estimate of drug-likeness (QED) is 0.0273. The van der Waals surface area contributed by atoms with Gasteiger partial charge >= 0.3 is 40.9 Å². The first-order valence-corrected chi connectivity index (χ1v) is 25.6. The van der Waals surface area contributed by atoms with Crippen LogP contribution in [-0.4, -0.2) is 121 Å². The second kappa shape index (κ2) is 28.4. The molecule has 0 radical (unpaired) electrons. The summed E-state index contributed by atoms with van der Waals surface area (Å²) in [6.45, 7) is 5.33. The van der Waals surface area contributed by atoms with Crippen LogP contribution in [0.25, 0.3) is 0 Å². The van der Waals surface area contributed by atoms with Crippen molar-refractivity contribution in [3.63, 3.8) is 0 Å². The van der Waals surface area contributed by atoms with Crippen LogP contribution in [0, 0.1) is 0 Å². The smallest absolute Gasteiger partial charge is 0.348 e. The van der Waals surface area contributed by atoms with E-state index in [4.69, 9.17) is 9.47 Å². The Bertz CT molecular complexity index is 2680. The Hall–Kier alpha value is -5.24. The first kappa shape index (κ1) is 56.3. The van der Waals surface area contributed by atoms with E-state index in [0.29, 0.717) is 25.5 Å². The standard InChI is InChI=1S/C26H28O6S4.C20H25N3O9S/c1-3-17(27)15-33-19-4-8-21(9-5-19)35-22-10-6-20(7-11-22)34-16-18(28)14-32-26(30)24-13-12-23(36-24)25(29)31-2;1-4-8-21-18(28)22(9-12(24)5-2)20(30)23(19(21)29)10-13(25)11-32-17(27)15-7-6-14(33-15)16(26)31-3/h4-13,17-18,27-28H,3,14-16H2,1-2H3;4,6-7,12-13,24-25H,1,5,8-11H2,2-3H3. The molecule has 372 valence electrons. The summed E-state index contributed by atoms with van der Waals surface area (Å²) >= 11 is 6.65.